The van der Waals surface area contributed by atoms with Crippen molar-refractivity contribution in [2.75, 3.05) is 7.11 Å². The average molecular weight is 249 g/mol. The molecule has 0 aliphatic heterocycles. The molecule has 1 heterocycles. The molecule has 0 radical (unpaired) electrons. The van der Waals surface area contributed by atoms with E-state index in [-0.39, 0.29) is 12.4 Å². The summed E-state index contributed by atoms with van der Waals surface area (Å²) in [6, 6.07) is 6.93. The Balaban J connectivity index is 2.00. The molecule has 1 aromatic heterocycles. The second-order valence-electron chi connectivity index (χ2n) is 3.91. The molecule has 96 valence electrons. The number of benzene rings is 1. The smallest absolute Gasteiger partial charge is 0.162 e. The summed E-state index contributed by atoms with van der Waals surface area (Å²) in [5.74, 6) is 1.50. The zero-order valence-electron chi connectivity index (χ0n) is 10.3. The van der Waals surface area contributed by atoms with Gasteiger partial charge >= 0.3 is 0 Å². The number of aromatic hydroxyl groups is 1. The number of phenolic OH excluding ortho intramolecular Hbond substituents is 1. The van der Waals surface area contributed by atoms with E-state index in [4.69, 9.17) is 14.0 Å². The Morgan fingerprint density at radius 2 is 2.17 bits per heavy atom. The fraction of sp³-hybridized carbons (Fsp3) is 0.308. The molecule has 0 aliphatic carbocycles. The Morgan fingerprint density at radius 1 is 1.33 bits per heavy atom. The van der Waals surface area contributed by atoms with E-state index in [1.807, 2.05) is 0 Å². The fourth-order valence-electron chi connectivity index (χ4n) is 1.55. The van der Waals surface area contributed by atoms with Crippen LogP contribution in [0.5, 0.6) is 11.5 Å². The Morgan fingerprint density at radius 3 is 2.94 bits per heavy atom. The first-order valence-corrected chi connectivity index (χ1v) is 5.55. The molecule has 0 amide bonds. The molecule has 2 rings (SSSR count). The van der Waals surface area contributed by atoms with Crippen LogP contribution in [0.15, 0.2) is 28.8 Å². The van der Waals surface area contributed by atoms with Crippen molar-refractivity contribution in [3.8, 4) is 11.5 Å². The first-order valence-electron chi connectivity index (χ1n) is 5.55. The Bertz CT molecular complexity index is 521. The molecule has 5 nitrogen and oxygen atoms in total. The third-order valence-corrected chi connectivity index (χ3v) is 2.53. The van der Waals surface area contributed by atoms with Gasteiger partial charge in [0.2, 0.25) is 0 Å². The first kappa shape index (κ1) is 12.4. The van der Waals surface area contributed by atoms with Gasteiger partial charge in [-0.15, -0.1) is 0 Å². The van der Waals surface area contributed by atoms with Gasteiger partial charge in [-0.1, -0.05) is 11.2 Å². The summed E-state index contributed by atoms with van der Waals surface area (Å²) in [4.78, 5) is 0. The van der Waals surface area contributed by atoms with Gasteiger partial charge in [0.1, 0.15) is 30.4 Å². The standard InChI is InChI=1S/C13H15NO4/c1-9-12(15)4-3-5-13(9)17-7-10-6-11(8-16-2)18-14-10/h3-6,15H,7-8H2,1-2H3. The van der Waals surface area contributed by atoms with E-state index < -0.39 is 0 Å². The molecule has 0 atom stereocenters. The van der Waals surface area contributed by atoms with Gasteiger partial charge < -0.3 is 19.1 Å². The average Bonchev–Trinajstić information content (AvgIpc) is 2.79. The maximum Gasteiger partial charge on any atom is 0.162 e. The summed E-state index contributed by atoms with van der Waals surface area (Å²) in [5, 5.41) is 13.4. The largest absolute Gasteiger partial charge is 0.508 e. The Hall–Kier alpha value is -2.01. The lowest BCUT2D eigenvalue weighted by atomic mass is 10.2. The van der Waals surface area contributed by atoms with E-state index >= 15 is 0 Å². The SMILES string of the molecule is COCc1cc(COc2cccc(O)c2C)no1. The van der Waals surface area contributed by atoms with Gasteiger partial charge in [-0.2, -0.15) is 0 Å². The zero-order valence-corrected chi connectivity index (χ0v) is 10.3. The lowest BCUT2D eigenvalue weighted by molar-refractivity contribution is 0.155. The molecular weight excluding hydrogens is 234 g/mol. The second kappa shape index (κ2) is 5.55. The summed E-state index contributed by atoms with van der Waals surface area (Å²) < 4.78 is 15.5. The van der Waals surface area contributed by atoms with Gasteiger partial charge in [0.25, 0.3) is 0 Å². The summed E-state index contributed by atoms with van der Waals surface area (Å²) in [6.07, 6.45) is 0. The van der Waals surface area contributed by atoms with E-state index in [0.29, 0.717) is 29.4 Å². The van der Waals surface area contributed by atoms with Crippen LogP contribution in [0, 0.1) is 6.92 Å². The molecule has 18 heavy (non-hydrogen) atoms. The van der Waals surface area contributed by atoms with Crippen LogP contribution < -0.4 is 4.74 Å². The normalized spacial score (nSPS) is 10.6. The van der Waals surface area contributed by atoms with E-state index in [2.05, 4.69) is 5.16 Å². The minimum atomic E-state index is 0.215. The minimum absolute atomic E-state index is 0.215. The maximum absolute atomic E-state index is 9.54. The van der Waals surface area contributed by atoms with Crippen LogP contribution >= 0.6 is 0 Å². The van der Waals surface area contributed by atoms with Gasteiger partial charge in [-0.3, -0.25) is 0 Å². The molecule has 0 spiro atoms. The molecule has 0 aliphatic rings. The highest BCUT2D eigenvalue weighted by Crippen LogP contribution is 2.26. The zero-order chi connectivity index (χ0) is 13.0. The van der Waals surface area contributed by atoms with Crippen LogP contribution in [-0.4, -0.2) is 17.4 Å². The van der Waals surface area contributed by atoms with Crippen molar-refractivity contribution >= 4 is 0 Å². The third kappa shape index (κ3) is 2.81. The number of aromatic nitrogens is 1. The molecule has 0 bridgehead atoms. The third-order valence-electron chi connectivity index (χ3n) is 2.53. The fourth-order valence-corrected chi connectivity index (χ4v) is 1.55. The van der Waals surface area contributed by atoms with Gasteiger partial charge in [0.05, 0.1) is 0 Å². The molecule has 1 aromatic carbocycles. The first-order chi connectivity index (χ1) is 8.70. The summed E-state index contributed by atoms with van der Waals surface area (Å²) in [7, 11) is 1.59. The monoisotopic (exact) mass is 249 g/mol. The van der Waals surface area contributed by atoms with Crippen molar-refractivity contribution in [1.82, 2.24) is 5.16 Å². The van der Waals surface area contributed by atoms with Gasteiger partial charge in [-0.25, -0.2) is 0 Å². The molecule has 2 aromatic rings. The number of hydrogen-bond donors (Lipinski definition) is 1. The Kier molecular flexibility index (Phi) is 3.84. The lowest BCUT2D eigenvalue weighted by Crippen LogP contribution is -1.97. The number of hydrogen-bond acceptors (Lipinski definition) is 5. The van der Waals surface area contributed by atoms with Crippen molar-refractivity contribution in [2.45, 2.75) is 20.1 Å². The second-order valence-corrected chi connectivity index (χ2v) is 3.91. The predicted molar refractivity (Wildman–Crippen MR) is 64.4 cm³/mol. The van der Waals surface area contributed by atoms with Crippen molar-refractivity contribution in [3.05, 3.63) is 41.3 Å². The highest BCUT2D eigenvalue weighted by atomic mass is 16.5. The molecule has 0 saturated carbocycles. The van der Waals surface area contributed by atoms with E-state index in [0.717, 1.165) is 0 Å². The van der Waals surface area contributed by atoms with Gasteiger partial charge in [0, 0.05) is 18.7 Å². The van der Waals surface area contributed by atoms with Gasteiger partial charge in [0.15, 0.2) is 5.76 Å². The van der Waals surface area contributed by atoms with Crippen molar-refractivity contribution in [3.63, 3.8) is 0 Å². The van der Waals surface area contributed by atoms with Crippen molar-refractivity contribution in [2.24, 2.45) is 0 Å². The van der Waals surface area contributed by atoms with E-state index in [9.17, 15) is 5.11 Å². The lowest BCUT2D eigenvalue weighted by Gasteiger charge is -2.08. The van der Waals surface area contributed by atoms with Crippen LogP contribution in [0.3, 0.4) is 0 Å². The topological polar surface area (TPSA) is 64.7 Å². The Labute approximate surface area is 105 Å². The minimum Gasteiger partial charge on any atom is -0.508 e. The number of methoxy groups -OCH3 is 1. The predicted octanol–water partition coefficient (Wildman–Crippen LogP) is 2.41. The van der Waals surface area contributed by atoms with Crippen LogP contribution in [0.2, 0.25) is 0 Å². The van der Waals surface area contributed by atoms with Crippen LogP contribution in [-0.2, 0) is 18.0 Å². The summed E-state index contributed by atoms with van der Waals surface area (Å²) in [6.45, 7) is 2.47. The molecule has 0 saturated heterocycles. The van der Waals surface area contributed by atoms with Crippen LogP contribution in [0.4, 0.5) is 0 Å². The van der Waals surface area contributed by atoms with Gasteiger partial charge in [-0.05, 0) is 19.1 Å². The highest BCUT2D eigenvalue weighted by Gasteiger charge is 2.07. The van der Waals surface area contributed by atoms with E-state index in [1.165, 1.54) is 0 Å². The van der Waals surface area contributed by atoms with E-state index in [1.54, 1.807) is 38.3 Å². The number of nitrogens with zero attached hydrogens (tertiary/aromatic N) is 1. The molecule has 0 unspecified atom stereocenters. The molecule has 5 heteroatoms. The summed E-state index contributed by atoms with van der Waals surface area (Å²) in [5.41, 5.74) is 1.39. The van der Waals surface area contributed by atoms with Crippen LogP contribution in [0.25, 0.3) is 0 Å². The molecular formula is C13H15NO4. The quantitative estimate of drug-likeness (QED) is 0.881. The van der Waals surface area contributed by atoms with Crippen molar-refractivity contribution < 1.29 is 19.1 Å². The van der Waals surface area contributed by atoms with Crippen molar-refractivity contribution in [1.29, 1.82) is 0 Å². The van der Waals surface area contributed by atoms with Crippen LogP contribution in [0.1, 0.15) is 17.0 Å². The highest BCUT2D eigenvalue weighted by molar-refractivity contribution is 5.42. The molecule has 0 fully saturated rings. The number of phenols is 1. The molecule has 1 N–H and O–H groups in total. The number of rotatable bonds is 5. The summed E-state index contributed by atoms with van der Waals surface area (Å²) >= 11 is 0. The number of ether oxygens (including phenoxy) is 2. The maximum atomic E-state index is 9.54.